The van der Waals surface area contributed by atoms with Gasteiger partial charge in [0.2, 0.25) is 10.0 Å². The van der Waals surface area contributed by atoms with E-state index in [1.807, 2.05) is 13.8 Å². The average molecular weight is 407 g/mol. The van der Waals surface area contributed by atoms with Crippen molar-refractivity contribution in [3.8, 4) is 0 Å². The van der Waals surface area contributed by atoms with Gasteiger partial charge in [-0.1, -0.05) is 18.0 Å². The van der Waals surface area contributed by atoms with Crippen LogP contribution < -0.4 is 5.32 Å². The lowest BCUT2D eigenvalue weighted by atomic mass is 10.1. The first-order valence-corrected chi connectivity index (χ1v) is 10.8. The van der Waals surface area contributed by atoms with Crippen molar-refractivity contribution < 1.29 is 13.2 Å². The van der Waals surface area contributed by atoms with Gasteiger partial charge in [0.1, 0.15) is 0 Å². The van der Waals surface area contributed by atoms with Crippen molar-refractivity contribution in [1.82, 2.24) is 4.31 Å². The van der Waals surface area contributed by atoms with E-state index in [0.29, 0.717) is 22.8 Å². The number of aryl methyl sites for hydroxylation is 1. The highest BCUT2D eigenvalue weighted by molar-refractivity contribution is 7.89. The van der Waals surface area contributed by atoms with Crippen molar-refractivity contribution in [1.29, 1.82) is 0 Å². The van der Waals surface area contributed by atoms with Crippen LogP contribution in [0.3, 0.4) is 0 Å². The van der Waals surface area contributed by atoms with Gasteiger partial charge in [-0.15, -0.1) is 0 Å². The summed E-state index contributed by atoms with van der Waals surface area (Å²) in [6, 6.07) is 11.3. The average Bonchev–Trinajstić information content (AvgIpc) is 2.64. The first-order chi connectivity index (χ1) is 12.8. The summed E-state index contributed by atoms with van der Waals surface area (Å²) in [6.45, 7) is 4.34. The largest absolute Gasteiger partial charge is 0.322 e. The zero-order valence-corrected chi connectivity index (χ0v) is 17.0. The maximum atomic E-state index is 12.9. The number of halogens is 1. The molecule has 0 bridgehead atoms. The Kier molecular flexibility index (Phi) is 5.89. The highest BCUT2D eigenvalue weighted by Gasteiger charge is 2.30. The van der Waals surface area contributed by atoms with Crippen molar-refractivity contribution >= 4 is 33.2 Å². The molecular formula is C20H23ClN2O3S. The fraction of sp³-hybridized carbons (Fsp3) is 0.350. The van der Waals surface area contributed by atoms with Crippen LogP contribution in [0.5, 0.6) is 0 Å². The Morgan fingerprint density at radius 1 is 1.15 bits per heavy atom. The first-order valence-electron chi connectivity index (χ1n) is 8.98. The first kappa shape index (κ1) is 19.9. The lowest BCUT2D eigenvalue weighted by molar-refractivity contribution is 0.102. The minimum Gasteiger partial charge on any atom is -0.322 e. The summed E-state index contributed by atoms with van der Waals surface area (Å²) in [5.41, 5.74) is 1.92. The topological polar surface area (TPSA) is 66.5 Å². The van der Waals surface area contributed by atoms with E-state index in [0.717, 1.165) is 24.8 Å². The molecule has 1 saturated heterocycles. The predicted molar refractivity (Wildman–Crippen MR) is 108 cm³/mol. The molecule has 27 heavy (non-hydrogen) atoms. The van der Waals surface area contributed by atoms with E-state index in [4.69, 9.17) is 11.6 Å². The Hall–Kier alpha value is -1.89. The summed E-state index contributed by atoms with van der Waals surface area (Å²) in [5.74, 6) is -0.296. The number of carbonyl (C=O) groups excluding carboxylic acids is 1. The van der Waals surface area contributed by atoms with Crippen LogP contribution in [0, 0.1) is 6.92 Å². The van der Waals surface area contributed by atoms with E-state index in [9.17, 15) is 13.2 Å². The number of benzene rings is 2. The summed E-state index contributed by atoms with van der Waals surface area (Å²) < 4.78 is 27.3. The van der Waals surface area contributed by atoms with Gasteiger partial charge in [0.15, 0.2) is 0 Å². The van der Waals surface area contributed by atoms with Gasteiger partial charge in [-0.2, -0.15) is 4.31 Å². The van der Waals surface area contributed by atoms with Gasteiger partial charge in [0.25, 0.3) is 5.91 Å². The fourth-order valence-corrected chi connectivity index (χ4v) is 5.23. The summed E-state index contributed by atoms with van der Waals surface area (Å²) >= 11 is 5.93. The smallest absolute Gasteiger partial charge is 0.255 e. The molecule has 1 atom stereocenters. The normalized spacial score (nSPS) is 18.3. The number of hydrogen-bond donors (Lipinski definition) is 1. The number of sulfonamides is 1. The van der Waals surface area contributed by atoms with Crippen molar-refractivity contribution in [3.05, 3.63) is 58.6 Å². The van der Waals surface area contributed by atoms with Gasteiger partial charge in [-0.05, 0) is 74.7 Å². The number of nitrogens with zero attached hydrogens (tertiary/aromatic N) is 1. The Bertz CT molecular complexity index is 942. The predicted octanol–water partition coefficient (Wildman–Crippen LogP) is 4.46. The Labute approximate surface area is 165 Å². The number of hydrogen-bond acceptors (Lipinski definition) is 3. The van der Waals surface area contributed by atoms with Crippen molar-refractivity contribution in [2.75, 3.05) is 11.9 Å². The second-order valence-electron chi connectivity index (χ2n) is 6.90. The van der Waals surface area contributed by atoms with Gasteiger partial charge in [0.05, 0.1) is 4.90 Å². The summed E-state index contributed by atoms with van der Waals surface area (Å²) in [7, 11) is -3.54. The third-order valence-corrected chi connectivity index (χ3v) is 7.16. The van der Waals surface area contributed by atoms with Crippen LogP contribution in [0.1, 0.15) is 42.1 Å². The molecule has 1 amide bonds. The molecule has 1 heterocycles. The van der Waals surface area contributed by atoms with Crippen LogP contribution in [0.2, 0.25) is 5.02 Å². The van der Waals surface area contributed by atoms with Crippen molar-refractivity contribution in [3.63, 3.8) is 0 Å². The molecule has 1 aliphatic heterocycles. The molecule has 1 N–H and O–H groups in total. The third kappa shape index (κ3) is 4.34. The zero-order chi connectivity index (χ0) is 19.6. The fourth-order valence-electron chi connectivity index (χ4n) is 3.30. The molecule has 5 nitrogen and oxygen atoms in total. The highest BCUT2D eigenvalue weighted by atomic mass is 35.5. The van der Waals surface area contributed by atoms with E-state index in [2.05, 4.69) is 5.32 Å². The molecule has 0 aliphatic carbocycles. The molecule has 0 aromatic heterocycles. The number of rotatable bonds is 4. The van der Waals surface area contributed by atoms with Gasteiger partial charge in [-0.3, -0.25) is 4.79 Å². The Morgan fingerprint density at radius 3 is 2.48 bits per heavy atom. The maximum absolute atomic E-state index is 12.9. The summed E-state index contributed by atoms with van der Waals surface area (Å²) in [5, 5.41) is 3.43. The molecule has 2 aromatic rings. The molecule has 0 radical (unpaired) electrons. The van der Waals surface area contributed by atoms with Gasteiger partial charge >= 0.3 is 0 Å². The van der Waals surface area contributed by atoms with Gasteiger partial charge in [-0.25, -0.2) is 8.42 Å². The van der Waals surface area contributed by atoms with E-state index in [1.54, 1.807) is 34.6 Å². The summed E-state index contributed by atoms with van der Waals surface area (Å²) in [6.07, 6.45) is 2.81. The molecule has 3 rings (SSSR count). The Balaban J connectivity index is 1.77. The molecule has 7 heteroatoms. The van der Waals surface area contributed by atoms with E-state index in [1.165, 1.54) is 12.1 Å². The lowest BCUT2D eigenvalue weighted by Crippen LogP contribution is -2.41. The number of nitrogens with one attached hydrogen (secondary N) is 1. The SMILES string of the molecule is Cc1cc(Cl)ccc1NC(=O)c1ccc(S(=O)(=O)N2CCCC[C@H]2C)cc1. The van der Waals surface area contributed by atoms with Crippen LogP contribution in [0.4, 0.5) is 5.69 Å². The van der Waals surface area contributed by atoms with Crippen molar-refractivity contribution in [2.24, 2.45) is 0 Å². The van der Waals surface area contributed by atoms with E-state index >= 15 is 0 Å². The molecule has 1 fully saturated rings. The number of amides is 1. The van der Waals surface area contributed by atoms with Crippen LogP contribution in [-0.4, -0.2) is 31.2 Å². The van der Waals surface area contributed by atoms with Crippen molar-refractivity contribution in [2.45, 2.75) is 44.0 Å². The zero-order valence-electron chi connectivity index (χ0n) is 15.4. The highest BCUT2D eigenvalue weighted by Crippen LogP contribution is 2.25. The molecule has 0 spiro atoms. The van der Waals surface area contributed by atoms with Crippen LogP contribution in [-0.2, 0) is 10.0 Å². The quantitative estimate of drug-likeness (QED) is 0.814. The van der Waals surface area contributed by atoms with E-state index < -0.39 is 10.0 Å². The second-order valence-corrected chi connectivity index (χ2v) is 9.23. The van der Waals surface area contributed by atoms with Crippen LogP contribution in [0.15, 0.2) is 47.4 Å². The summed E-state index contributed by atoms with van der Waals surface area (Å²) in [4.78, 5) is 12.7. The molecule has 144 valence electrons. The van der Waals surface area contributed by atoms with Crippen LogP contribution in [0.25, 0.3) is 0 Å². The second kappa shape index (κ2) is 8.00. The number of carbonyl (C=O) groups is 1. The maximum Gasteiger partial charge on any atom is 0.255 e. The minimum absolute atomic E-state index is 0.000366. The van der Waals surface area contributed by atoms with Crippen LogP contribution >= 0.6 is 11.6 Å². The van der Waals surface area contributed by atoms with Gasteiger partial charge in [0, 0.05) is 28.9 Å². The molecule has 1 aliphatic rings. The molecule has 2 aromatic carbocycles. The Morgan fingerprint density at radius 2 is 1.85 bits per heavy atom. The van der Waals surface area contributed by atoms with E-state index in [-0.39, 0.29) is 16.8 Å². The van der Waals surface area contributed by atoms with Gasteiger partial charge < -0.3 is 5.32 Å². The monoisotopic (exact) mass is 406 g/mol. The molecule has 0 unspecified atom stereocenters. The number of anilines is 1. The number of piperidine rings is 1. The standard InChI is InChI=1S/C20H23ClN2O3S/c1-14-13-17(21)8-11-19(14)22-20(24)16-6-9-18(10-7-16)27(25,26)23-12-4-3-5-15(23)2/h6-11,13,15H,3-5,12H2,1-2H3,(H,22,24)/t15-/m1/s1. The molecule has 0 saturated carbocycles. The minimum atomic E-state index is -3.54. The lowest BCUT2D eigenvalue weighted by Gasteiger charge is -2.32. The molecular weight excluding hydrogens is 384 g/mol. The third-order valence-electron chi connectivity index (χ3n) is 4.90.